The maximum Gasteiger partial charge on any atom is 0.338 e. The van der Waals surface area contributed by atoms with Crippen molar-refractivity contribution in [2.75, 3.05) is 13.7 Å². The fourth-order valence-corrected chi connectivity index (χ4v) is 3.79. The highest BCUT2D eigenvalue weighted by molar-refractivity contribution is 7.16. The Morgan fingerprint density at radius 1 is 1.13 bits per heavy atom. The Balaban J connectivity index is 2.08. The van der Waals surface area contributed by atoms with Gasteiger partial charge >= 0.3 is 11.9 Å². The molecule has 0 atom stereocenters. The Morgan fingerprint density at radius 2 is 1.81 bits per heavy atom. The average Bonchev–Trinajstić information content (AvgIpc) is 3.09. The van der Waals surface area contributed by atoms with Crippen LogP contribution in [0.25, 0.3) is 10.2 Å². The number of amides is 1. The second-order valence-corrected chi connectivity index (χ2v) is 7.18. The summed E-state index contributed by atoms with van der Waals surface area (Å²) in [6.45, 7) is 1.74. The van der Waals surface area contributed by atoms with Crippen LogP contribution in [0, 0.1) is 10.1 Å². The molecule has 10 nitrogen and oxygen atoms in total. The fourth-order valence-electron chi connectivity index (χ4n) is 2.72. The standard InChI is InChI=1S/C20H17N3O7S/c1-3-30-19(26)13-6-9-15-16(10-13)31-20(22(15)11-17(24)29-2)21-18(25)12-4-7-14(8-5-12)23(27)28/h4-10H,3,11H2,1-2H3. The van der Waals surface area contributed by atoms with Gasteiger partial charge in [-0.05, 0) is 37.3 Å². The first-order valence-corrected chi connectivity index (χ1v) is 9.86. The van der Waals surface area contributed by atoms with Crippen molar-refractivity contribution < 1.29 is 28.8 Å². The number of nitro benzene ring substituents is 1. The third-order valence-corrected chi connectivity index (χ3v) is 5.27. The van der Waals surface area contributed by atoms with Gasteiger partial charge in [0, 0.05) is 17.7 Å². The first-order valence-electron chi connectivity index (χ1n) is 9.05. The SMILES string of the molecule is CCOC(=O)c1ccc2c(c1)sc(=NC(=O)c1ccc([N+](=O)[O-])cc1)n2CC(=O)OC. The number of fused-ring (bicyclic) bond motifs is 1. The summed E-state index contributed by atoms with van der Waals surface area (Å²) in [6, 6.07) is 9.82. The number of thiazole rings is 1. The number of carbonyl (C=O) groups excluding carboxylic acids is 3. The van der Waals surface area contributed by atoms with Gasteiger partial charge in [-0.25, -0.2) is 4.79 Å². The maximum atomic E-state index is 12.6. The predicted molar refractivity (Wildman–Crippen MR) is 111 cm³/mol. The molecule has 3 rings (SSSR count). The maximum absolute atomic E-state index is 12.6. The van der Waals surface area contributed by atoms with Gasteiger partial charge in [0.2, 0.25) is 0 Å². The van der Waals surface area contributed by atoms with Gasteiger partial charge in [-0.3, -0.25) is 19.7 Å². The van der Waals surface area contributed by atoms with Gasteiger partial charge in [0.05, 0.1) is 34.4 Å². The Bertz CT molecular complexity index is 1240. The molecule has 160 valence electrons. The van der Waals surface area contributed by atoms with E-state index >= 15 is 0 Å². The summed E-state index contributed by atoms with van der Waals surface area (Å²) in [5.41, 5.74) is 0.915. The van der Waals surface area contributed by atoms with E-state index in [1.54, 1.807) is 25.1 Å². The molecular formula is C20H17N3O7S. The number of rotatable bonds is 6. The van der Waals surface area contributed by atoms with E-state index in [1.165, 1.54) is 35.9 Å². The van der Waals surface area contributed by atoms with Crippen LogP contribution in [0.15, 0.2) is 47.5 Å². The van der Waals surface area contributed by atoms with Crippen molar-refractivity contribution in [3.63, 3.8) is 0 Å². The van der Waals surface area contributed by atoms with Crippen LogP contribution in [-0.4, -0.2) is 41.1 Å². The molecule has 11 heteroatoms. The normalized spacial score (nSPS) is 11.4. The Morgan fingerprint density at radius 3 is 2.42 bits per heavy atom. The molecule has 0 radical (unpaired) electrons. The van der Waals surface area contributed by atoms with Gasteiger partial charge in [0.25, 0.3) is 11.6 Å². The minimum Gasteiger partial charge on any atom is -0.468 e. The minimum absolute atomic E-state index is 0.148. The fraction of sp³-hybridized carbons (Fsp3) is 0.200. The van der Waals surface area contributed by atoms with E-state index in [1.807, 2.05) is 0 Å². The summed E-state index contributed by atoms with van der Waals surface area (Å²) in [4.78, 5) is 51.0. The molecule has 1 heterocycles. The molecule has 0 saturated heterocycles. The van der Waals surface area contributed by atoms with Gasteiger partial charge in [0.15, 0.2) is 4.80 Å². The van der Waals surface area contributed by atoms with Crippen molar-refractivity contribution in [1.82, 2.24) is 4.57 Å². The summed E-state index contributed by atoms with van der Waals surface area (Å²) in [6.07, 6.45) is 0. The van der Waals surface area contributed by atoms with Crippen LogP contribution in [-0.2, 0) is 20.8 Å². The van der Waals surface area contributed by atoms with E-state index in [0.29, 0.717) is 15.8 Å². The minimum atomic E-state index is -0.634. The lowest BCUT2D eigenvalue weighted by Crippen LogP contribution is -2.22. The van der Waals surface area contributed by atoms with E-state index in [-0.39, 0.29) is 29.2 Å². The van der Waals surface area contributed by atoms with Crippen LogP contribution in [0.2, 0.25) is 0 Å². The van der Waals surface area contributed by atoms with E-state index in [4.69, 9.17) is 9.47 Å². The molecule has 31 heavy (non-hydrogen) atoms. The van der Waals surface area contributed by atoms with Gasteiger partial charge in [-0.15, -0.1) is 0 Å². The molecule has 3 aromatic rings. The summed E-state index contributed by atoms with van der Waals surface area (Å²) in [5, 5.41) is 10.8. The van der Waals surface area contributed by atoms with Gasteiger partial charge in [-0.1, -0.05) is 11.3 Å². The Kier molecular flexibility index (Phi) is 6.55. The quantitative estimate of drug-likeness (QED) is 0.325. The first kappa shape index (κ1) is 21.8. The number of esters is 2. The van der Waals surface area contributed by atoms with Gasteiger partial charge in [0.1, 0.15) is 6.54 Å². The van der Waals surface area contributed by atoms with E-state index < -0.39 is 22.8 Å². The molecule has 0 N–H and O–H groups in total. The summed E-state index contributed by atoms with van der Waals surface area (Å²) in [5.74, 6) is -1.66. The second-order valence-electron chi connectivity index (χ2n) is 6.17. The van der Waals surface area contributed by atoms with Crippen LogP contribution < -0.4 is 4.80 Å². The lowest BCUT2D eigenvalue weighted by molar-refractivity contribution is -0.384. The molecule has 0 spiro atoms. The lowest BCUT2D eigenvalue weighted by Gasteiger charge is -2.05. The Labute approximate surface area is 179 Å². The molecule has 0 fully saturated rings. The summed E-state index contributed by atoms with van der Waals surface area (Å²) in [7, 11) is 1.25. The number of hydrogen-bond donors (Lipinski definition) is 0. The average molecular weight is 443 g/mol. The van der Waals surface area contributed by atoms with E-state index in [0.717, 1.165) is 11.3 Å². The van der Waals surface area contributed by atoms with Crippen LogP contribution >= 0.6 is 11.3 Å². The molecule has 0 aliphatic carbocycles. The number of nitrogens with zero attached hydrogens (tertiary/aromatic N) is 3. The molecule has 1 amide bonds. The van der Waals surface area contributed by atoms with Crippen LogP contribution in [0.4, 0.5) is 5.69 Å². The molecule has 1 aromatic heterocycles. The third kappa shape index (κ3) is 4.83. The van der Waals surface area contributed by atoms with Crippen molar-refractivity contribution in [3.05, 3.63) is 68.5 Å². The zero-order valence-corrected chi connectivity index (χ0v) is 17.4. The first-order chi connectivity index (χ1) is 14.8. The van der Waals surface area contributed by atoms with Gasteiger partial charge in [-0.2, -0.15) is 4.99 Å². The van der Waals surface area contributed by atoms with Gasteiger partial charge < -0.3 is 14.0 Å². The molecule has 0 aliphatic heterocycles. The van der Waals surface area contributed by atoms with Crippen molar-refractivity contribution in [2.24, 2.45) is 4.99 Å². The second kappa shape index (κ2) is 9.30. The number of non-ortho nitro benzene ring substituents is 1. The van der Waals surface area contributed by atoms with Crippen LogP contribution in [0.3, 0.4) is 0 Å². The number of hydrogen-bond acceptors (Lipinski definition) is 8. The number of carbonyl (C=O) groups is 3. The topological polar surface area (TPSA) is 130 Å². The molecule has 0 unspecified atom stereocenters. The summed E-state index contributed by atoms with van der Waals surface area (Å²) >= 11 is 1.11. The smallest absolute Gasteiger partial charge is 0.338 e. The largest absolute Gasteiger partial charge is 0.468 e. The monoisotopic (exact) mass is 443 g/mol. The highest BCUT2D eigenvalue weighted by atomic mass is 32.1. The van der Waals surface area contributed by atoms with Crippen LogP contribution in [0.1, 0.15) is 27.6 Å². The summed E-state index contributed by atoms with van der Waals surface area (Å²) < 4.78 is 11.9. The van der Waals surface area contributed by atoms with Crippen molar-refractivity contribution in [1.29, 1.82) is 0 Å². The molecule has 0 saturated carbocycles. The number of nitro groups is 1. The predicted octanol–water partition coefficient (Wildman–Crippen LogP) is 2.70. The number of aromatic nitrogens is 1. The molecular weight excluding hydrogens is 426 g/mol. The van der Waals surface area contributed by atoms with Crippen molar-refractivity contribution in [2.45, 2.75) is 13.5 Å². The zero-order chi connectivity index (χ0) is 22.5. The number of benzene rings is 2. The van der Waals surface area contributed by atoms with E-state index in [9.17, 15) is 24.5 Å². The van der Waals surface area contributed by atoms with E-state index in [2.05, 4.69) is 4.99 Å². The lowest BCUT2D eigenvalue weighted by atomic mass is 10.2. The third-order valence-electron chi connectivity index (χ3n) is 4.23. The Hall–Kier alpha value is -3.86. The van der Waals surface area contributed by atoms with Crippen LogP contribution in [0.5, 0.6) is 0 Å². The molecule has 0 aliphatic rings. The highest BCUT2D eigenvalue weighted by Gasteiger charge is 2.15. The van der Waals surface area contributed by atoms with Crippen molar-refractivity contribution >= 4 is 45.1 Å². The number of methoxy groups -OCH3 is 1. The molecule has 2 aromatic carbocycles. The highest BCUT2D eigenvalue weighted by Crippen LogP contribution is 2.20. The molecule has 0 bridgehead atoms. The van der Waals surface area contributed by atoms with Crippen molar-refractivity contribution in [3.8, 4) is 0 Å². The zero-order valence-electron chi connectivity index (χ0n) is 16.6. The number of ether oxygens (including phenoxy) is 2.